The molecule has 2 aromatic rings. The molecule has 0 spiro atoms. The molecule has 0 amide bonds. The van der Waals surface area contributed by atoms with Gasteiger partial charge in [-0.25, -0.2) is 0 Å². The molecule has 1 unspecified atom stereocenters. The highest BCUT2D eigenvalue weighted by Crippen LogP contribution is 2.28. The summed E-state index contributed by atoms with van der Waals surface area (Å²) in [5.41, 5.74) is 1.11. The monoisotopic (exact) mass is 267 g/mol. The smallest absolute Gasteiger partial charge is 0.293 e. The van der Waals surface area contributed by atoms with Crippen LogP contribution in [0.25, 0.3) is 0 Å². The molecule has 6 nitrogen and oxygen atoms in total. The highest BCUT2D eigenvalue weighted by atomic mass is 35.5. The molecule has 0 bridgehead atoms. The van der Waals surface area contributed by atoms with Gasteiger partial charge in [0.25, 0.3) is 6.47 Å². The fourth-order valence-corrected chi connectivity index (χ4v) is 1.86. The van der Waals surface area contributed by atoms with E-state index < -0.39 is 5.92 Å². The van der Waals surface area contributed by atoms with Crippen molar-refractivity contribution in [1.82, 2.24) is 15.2 Å². The van der Waals surface area contributed by atoms with Crippen LogP contribution in [0.1, 0.15) is 17.3 Å². The second kappa shape index (κ2) is 5.50. The van der Waals surface area contributed by atoms with E-state index >= 15 is 0 Å². The van der Waals surface area contributed by atoms with E-state index in [1.54, 1.807) is 18.3 Å². The van der Waals surface area contributed by atoms with E-state index in [0.29, 0.717) is 22.9 Å². The van der Waals surface area contributed by atoms with Crippen molar-refractivity contribution >= 4 is 18.1 Å². The second-order valence-electron chi connectivity index (χ2n) is 3.53. The van der Waals surface area contributed by atoms with Crippen LogP contribution in [0.15, 0.2) is 24.4 Å². The summed E-state index contributed by atoms with van der Waals surface area (Å²) >= 11 is 6.05. The van der Waals surface area contributed by atoms with Crippen molar-refractivity contribution in [2.75, 3.05) is 6.61 Å². The summed E-state index contributed by atoms with van der Waals surface area (Å²) in [6.45, 7) is 0.405. The highest BCUT2D eigenvalue weighted by Gasteiger charge is 2.21. The average molecular weight is 268 g/mol. The molecule has 2 heterocycles. The molecular formula is C11H10ClN3O3. The molecule has 18 heavy (non-hydrogen) atoms. The Labute approximate surface area is 108 Å². The van der Waals surface area contributed by atoms with E-state index in [9.17, 15) is 9.90 Å². The zero-order valence-electron chi connectivity index (χ0n) is 9.21. The lowest BCUT2D eigenvalue weighted by Gasteiger charge is -2.14. The lowest BCUT2D eigenvalue weighted by Crippen LogP contribution is -2.12. The van der Waals surface area contributed by atoms with E-state index in [2.05, 4.69) is 15.2 Å². The number of nitrogens with one attached hydrogen (secondary N) is 1. The molecule has 7 heteroatoms. The lowest BCUT2D eigenvalue weighted by atomic mass is 10.0. The first-order valence-corrected chi connectivity index (χ1v) is 5.50. The summed E-state index contributed by atoms with van der Waals surface area (Å²) in [6.07, 6.45) is 1.59. The molecule has 2 aromatic heterocycles. The van der Waals surface area contributed by atoms with E-state index in [1.165, 1.54) is 6.07 Å². The number of aromatic nitrogens is 3. The minimum Gasteiger partial charge on any atom is -0.492 e. The third-order valence-corrected chi connectivity index (χ3v) is 2.73. The van der Waals surface area contributed by atoms with E-state index in [4.69, 9.17) is 16.3 Å². The van der Waals surface area contributed by atoms with Gasteiger partial charge in [-0.15, -0.1) is 5.10 Å². The van der Waals surface area contributed by atoms with Crippen LogP contribution >= 0.6 is 11.6 Å². The third kappa shape index (κ3) is 2.60. The van der Waals surface area contributed by atoms with Gasteiger partial charge in [0.1, 0.15) is 6.61 Å². The summed E-state index contributed by atoms with van der Waals surface area (Å²) in [7, 11) is 0. The molecule has 94 valence electrons. The van der Waals surface area contributed by atoms with Crippen molar-refractivity contribution in [2.24, 2.45) is 0 Å². The topological polar surface area (TPSA) is 88.1 Å². The Hall–Kier alpha value is -2.08. The number of halogens is 1. The standard InChI is InChI=1S/C11H10ClN3O3/c12-8-2-1-3-13-11(8)7(5-18-6-16)9-4-10(17)15-14-9/h1-4,6-7H,5H2,(H2,14,15,17). The van der Waals surface area contributed by atoms with Crippen LogP contribution in [-0.2, 0) is 9.53 Å². The molecular weight excluding hydrogens is 258 g/mol. The number of pyridine rings is 1. The SMILES string of the molecule is O=COCC(c1cc(O)n[nH]1)c1ncccc1Cl. The Kier molecular flexibility index (Phi) is 3.78. The van der Waals surface area contributed by atoms with Gasteiger partial charge in [-0.2, -0.15) is 0 Å². The molecule has 0 aliphatic rings. The predicted octanol–water partition coefficient (Wildman–Crippen LogP) is 1.47. The van der Waals surface area contributed by atoms with Gasteiger partial charge in [0.05, 0.1) is 22.3 Å². The molecule has 0 aromatic carbocycles. The number of carbonyl (C=O) groups excluding carboxylic acids is 1. The highest BCUT2D eigenvalue weighted by molar-refractivity contribution is 6.31. The molecule has 0 saturated heterocycles. The van der Waals surface area contributed by atoms with Gasteiger partial charge in [0.15, 0.2) is 0 Å². The Morgan fingerprint density at radius 3 is 3.06 bits per heavy atom. The largest absolute Gasteiger partial charge is 0.492 e. The van der Waals surface area contributed by atoms with E-state index in [1.807, 2.05) is 0 Å². The molecule has 2 rings (SSSR count). The normalized spacial score (nSPS) is 12.1. The van der Waals surface area contributed by atoms with Gasteiger partial charge in [-0.3, -0.25) is 14.9 Å². The van der Waals surface area contributed by atoms with Crippen LogP contribution in [0.5, 0.6) is 5.88 Å². The van der Waals surface area contributed by atoms with Crippen molar-refractivity contribution in [3.63, 3.8) is 0 Å². The summed E-state index contributed by atoms with van der Waals surface area (Å²) in [4.78, 5) is 14.5. The average Bonchev–Trinajstić information content (AvgIpc) is 2.78. The van der Waals surface area contributed by atoms with Gasteiger partial charge in [-0.1, -0.05) is 11.6 Å². The maximum Gasteiger partial charge on any atom is 0.293 e. The van der Waals surface area contributed by atoms with E-state index in [-0.39, 0.29) is 12.5 Å². The van der Waals surface area contributed by atoms with Crippen molar-refractivity contribution in [2.45, 2.75) is 5.92 Å². The number of ether oxygens (including phenoxy) is 1. The zero-order valence-corrected chi connectivity index (χ0v) is 9.96. The Balaban J connectivity index is 2.36. The predicted molar refractivity (Wildman–Crippen MR) is 63.4 cm³/mol. The van der Waals surface area contributed by atoms with Crippen LogP contribution in [0.2, 0.25) is 5.02 Å². The van der Waals surface area contributed by atoms with Crippen LogP contribution in [0.3, 0.4) is 0 Å². The minimum absolute atomic E-state index is 0.0574. The number of hydrogen-bond acceptors (Lipinski definition) is 5. The van der Waals surface area contributed by atoms with E-state index in [0.717, 1.165) is 0 Å². The first-order valence-electron chi connectivity index (χ1n) is 5.12. The zero-order chi connectivity index (χ0) is 13.0. The first kappa shape index (κ1) is 12.4. The van der Waals surface area contributed by atoms with Crippen molar-refractivity contribution in [1.29, 1.82) is 0 Å². The molecule has 0 fully saturated rings. The maximum atomic E-state index is 10.3. The third-order valence-electron chi connectivity index (χ3n) is 2.41. The quantitative estimate of drug-likeness (QED) is 0.801. The van der Waals surface area contributed by atoms with Crippen molar-refractivity contribution in [3.05, 3.63) is 40.8 Å². The number of nitrogens with zero attached hydrogens (tertiary/aromatic N) is 2. The second-order valence-corrected chi connectivity index (χ2v) is 3.94. The first-order chi connectivity index (χ1) is 8.72. The van der Waals surface area contributed by atoms with Crippen LogP contribution in [0.4, 0.5) is 0 Å². The van der Waals surface area contributed by atoms with Crippen LogP contribution in [0, 0.1) is 0 Å². The molecule has 0 saturated carbocycles. The van der Waals surface area contributed by atoms with Crippen molar-refractivity contribution in [3.8, 4) is 5.88 Å². The maximum absolute atomic E-state index is 10.3. The number of aromatic amines is 1. The molecule has 0 radical (unpaired) electrons. The molecule has 1 atom stereocenters. The van der Waals surface area contributed by atoms with Gasteiger partial charge in [0.2, 0.25) is 5.88 Å². The number of carbonyl (C=O) groups is 1. The van der Waals surface area contributed by atoms with Crippen LogP contribution in [-0.4, -0.2) is 33.4 Å². The summed E-state index contributed by atoms with van der Waals surface area (Å²) in [6, 6.07) is 4.83. The van der Waals surface area contributed by atoms with Gasteiger partial charge in [-0.05, 0) is 12.1 Å². The number of rotatable bonds is 5. The molecule has 2 N–H and O–H groups in total. The van der Waals surface area contributed by atoms with Gasteiger partial charge < -0.3 is 9.84 Å². The summed E-state index contributed by atoms with van der Waals surface area (Å²) < 4.78 is 4.76. The molecule has 0 aliphatic carbocycles. The lowest BCUT2D eigenvalue weighted by molar-refractivity contribution is -0.128. The summed E-state index contributed by atoms with van der Waals surface area (Å²) in [5, 5.41) is 15.9. The Morgan fingerprint density at radius 1 is 1.61 bits per heavy atom. The van der Waals surface area contributed by atoms with Gasteiger partial charge in [0, 0.05) is 12.3 Å². The fraction of sp³-hybridized carbons (Fsp3) is 0.182. The van der Waals surface area contributed by atoms with Crippen molar-refractivity contribution < 1.29 is 14.6 Å². The number of hydrogen-bond donors (Lipinski definition) is 2. The Morgan fingerprint density at radius 2 is 2.44 bits per heavy atom. The Bertz CT molecular complexity index is 544. The fourth-order valence-electron chi connectivity index (χ4n) is 1.61. The molecule has 0 aliphatic heterocycles. The summed E-state index contributed by atoms with van der Waals surface area (Å²) in [5.74, 6) is -0.551. The van der Waals surface area contributed by atoms with Gasteiger partial charge >= 0.3 is 0 Å². The van der Waals surface area contributed by atoms with Crippen LogP contribution < -0.4 is 0 Å². The minimum atomic E-state index is -0.405. The number of H-pyrrole nitrogens is 1. The number of aromatic hydroxyl groups is 1.